The average Bonchev–Trinajstić information content (AvgIpc) is 2.83. The van der Waals surface area contributed by atoms with E-state index in [2.05, 4.69) is 4.98 Å². The first-order chi connectivity index (χ1) is 9.95. The molecule has 3 aromatic rings. The van der Waals surface area contributed by atoms with Crippen molar-refractivity contribution in [3.8, 4) is 10.6 Å². The quantitative estimate of drug-likeness (QED) is 0.749. The van der Waals surface area contributed by atoms with Crippen molar-refractivity contribution in [3.63, 3.8) is 0 Å². The van der Waals surface area contributed by atoms with Crippen molar-refractivity contribution in [1.29, 1.82) is 0 Å². The predicted molar refractivity (Wildman–Crippen MR) is 76.9 cm³/mol. The van der Waals surface area contributed by atoms with Gasteiger partial charge in [-0.1, -0.05) is 11.6 Å². The average molecular weight is 326 g/mol. The Hall–Kier alpha value is -2.05. The second-order valence-corrected chi connectivity index (χ2v) is 5.72. The highest BCUT2D eigenvalue weighted by Gasteiger charge is 2.19. The van der Waals surface area contributed by atoms with Crippen LogP contribution in [0.15, 0.2) is 30.3 Å². The lowest BCUT2D eigenvalue weighted by Crippen LogP contribution is -2.02. The molecule has 21 heavy (non-hydrogen) atoms. The summed E-state index contributed by atoms with van der Waals surface area (Å²) in [7, 11) is 0. The van der Waals surface area contributed by atoms with Gasteiger partial charge < -0.3 is 5.11 Å². The van der Waals surface area contributed by atoms with E-state index < -0.39 is 17.6 Å². The van der Waals surface area contributed by atoms with E-state index in [4.69, 9.17) is 16.7 Å². The van der Waals surface area contributed by atoms with E-state index in [1.54, 1.807) is 18.2 Å². The normalized spacial score (nSPS) is 11.0. The van der Waals surface area contributed by atoms with Crippen LogP contribution in [0.2, 0.25) is 5.02 Å². The smallest absolute Gasteiger partial charge is 0.336 e. The van der Waals surface area contributed by atoms with Gasteiger partial charge in [0.2, 0.25) is 0 Å². The zero-order valence-electron chi connectivity index (χ0n) is 10.2. The third-order valence-electron chi connectivity index (χ3n) is 2.87. The number of nitrogens with zero attached hydrogens (tertiary/aromatic N) is 1. The molecule has 0 radical (unpaired) electrons. The van der Waals surface area contributed by atoms with Crippen LogP contribution in [0.5, 0.6) is 0 Å². The number of aromatic nitrogens is 1. The minimum atomic E-state index is -1.35. The van der Waals surface area contributed by atoms with Crippen molar-refractivity contribution in [2.24, 2.45) is 0 Å². The number of hydrogen-bond acceptors (Lipinski definition) is 3. The molecule has 1 heterocycles. The van der Waals surface area contributed by atoms with Crippen molar-refractivity contribution in [2.75, 3.05) is 0 Å². The maximum atomic E-state index is 13.4. The van der Waals surface area contributed by atoms with Gasteiger partial charge in [0.25, 0.3) is 0 Å². The summed E-state index contributed by atoms with van der Waals surface area (Å²) in [6.45, 7) is 0. The Labute approximate surface area is 126 Å². The third-order valence-corrected chi connectivity index (χ3v) is 4.16. The summed E-state index contributed by atoms with van der Waals surface area (Å²) < 4.78 is 27.4. The van der Waals surface area contributed by atoms with Gasteiger partial charge in [0.15, 0.2) is 11.6 Å². The van der Waals surface area contributed by atoms with Gasteiger partial charge in [0.1, 0.15) is 5.01 Å². The number of thiazole rings is 1. The lowest BCUT2D eigenvalue weighted by atomic mass is 10.1. The van der Waals surface area contributed by atoms with Gasteiger partial charge in [-0.15, -0.1) is 11.3 Å². The topological polar surface area (TPSA) is 50.2 Å². The number of hydrogen-bond donors (Lipinski definition) is 1. The second kappa shape index (κ2) is 5.05. The first kappa shape index (κ1) is 13.9. The molecule has 0 amide bonds. The monoisotopic (exact) mass is 325 g/mol. The molecule has 3 nitrogen and oxygen atoms in total. The van der Waals surface area contributed by atoms with Crippen molar-refractivity contribution in [2.45, 2.75) is 0 Å². The Bertz CT molecular complexity index is 879. The molecule has 3 rings (SSSR count). The fourth-order valence-corrected chi connectivity index (χ4v) is 3.19. The Morgan fingerprint density at radius 1 is 1.19 bits per heavy atom. The molecule has 0 saturated carbocycles. The molecular formula is C14H6ClF2NO2S. The van der Waals surface area contributed by atoms with Crippen LogP contribution in [-0.4, -0.2) is 16.1 Å². The number of halogens is 3. The number of carbonyl (C=O) groups is 1. The summed E-state index contributed by atoms with van der Waals surface area (Å²) in [5.74, 6) is -3.67. The van der Waals surface area contributed by atoms with Gasteiger partial charge in [-0.2, -0.15) is 0 Å². The molecule has 0 fully saturated rings. The zero-order valence-corrected chi connectivity index (χ0v) is 11.8. The standard InChI is InChI=1S/C14H6ClF2NO2S/c15-6-1-2-11-12(3-6)21-13(18-11)7-4-9(16)10(17)5-8(7)14(19)20/h1-5H,(H,19,20). The minimum absolute atomic E-state index is 0.0405. The minimum Gasteiger partial charge on any atom is -0.478 e. The zero-order chi connectivity index (χ0) is 15.1. The number of carboxylic acids is 1. The lowest BCUT2D eigenvalue weighted by molar-refractivity contribution is 0.0697. The van der Waals surface area contributed by atoms with Crippen LogP contribution >= 0.6 is 22.9 Å². The maximum Gasteiger partial charge on any atom is 0.336 e. The molecule has 0 aliphatic rings. The highest BCUT2D eigenvalue weighted by molar-refractivity contribution is 7.21. The van der Waals surface area contributed by atoms with E-state index in [0.717, 1.165) is 22.1 Å². The SMILES string of the molecule is O=C(O)c1cc(F)c(F)cc1-c1nc2ccc(Cl)cc2s1. The number of carboxylic acid groups (broad SMARTS) is 1. The molecule has 0 unspecified atom stereocenters. The molecule has 7 heteroatoms. The summed E-state index contributed by atoms with van der Waals surface area (Å²) in [4.78, 5) is 15.4. The molecule has 106 valence electrons. The Kier molecular flexibility index (Phi) is 3.35. The van der Waals surface area contributed by atoms with Crippen molar-refractivity contribution in [1.82, 2.24) is 4.98 Å². The largest absolute Gasteiger partial charge is 0.478 e. The second-order valence-electron chi connectivity index (χ2n) is 4.25. The molecule has 0 aliphatic carbocycles. The summed E-state index contributed by atoms with van der Waals surface area (Å²) in [6, 6.07) is 6.51. The van der Waals surface area contributed by atoms with Crippen molar-refractivity contribution < 1.29 is 18.7 Å². The highest BCUT2D eigenvalue weighted by Crippen LogP contribution is 2.34. The molecule has 2 aromatic carbocycles. The van der Waals surface area contributed by atoms with Gasteiger partial charge in [-0.05, 0) is 30.3 Å². The van der Waals surface area contributed by atoms with Gasteiger partial charge >= 0.3 is 5.97 Å². The molecular weight excluding hydrogens is 320 g/mol. The van der Waals surface area contributed by atoms with Crippen LogP contribution in [0.4, 0.5) is 8.78 Å². The number of aromatic carboxylic acids is 1. The van der Waals surface area contributed by atoms with E-state index in [9.17, 15) is 13.6 Å². The predicted octanol–water partition coefficient (Wildman–Crippen LogP) is 4.59. The summed E-state index contributed by atoms with van der Waals surface area (Å²) in [5.41, 5.74) is 0.318. The van der Waals surface area contributed by atoms with Crippen LogP contribution in [0, 0.1) is 11.6 Å². The van der Waals surface area contributed by atoms with Crippen molar-refractivity contribution in [3.05, 3.63) is 52.6 Å². The molecule has 1 aromatic heterocycles. The Morgan fingerprint density at radius 2 is 1.90 bits per heavy atom. The fourth-order valence-electron chi connectivity index (χ4n) is 1.91. The molecule has 0 spiro atoms. The molecule has 0 aliphatic heterocycles. The molecule has 0 atom stereocenters. The number of benzene rings is 2. The van der Waals surface area contributed by atoms with Gasteiger partial charge in [-0.3, -0.25) is 0 Å². The van der Waals surface area contributed by atoms with Gasteiger partial charge in [0.05, 0.1) is 15.8 Å². The third kappa shape index (κ3) is 2.48. The van der Waals surface area contributed by atoms with E-state index in [0.29, 0.717) is 21.6 Å². The van der Waals surface area contributed by atoms with Crippen molar-refractivity contribution >= 4 is 39.1 Å². The lowest BCUT2D eigenvalue weighted by Gasteiger charge is -2.03. The Morgan fingerprint density at radius 3 is 2.62 bits per heavy atom. The van der Waals surface area contributed by atoms with E-state index >= 15 is 0 Å². The summed E-state index contributed by atoms with van der Waals surface area (Å²) >= 11 is 7.04. The molecule has 1 N–H and O–H groups in total. The summed E-state index contributed by atoms with van der Waals surface area (Å²) in [6.07, 6.45) is 0. The van der Waals surface area contributed by atoms with Gasteiger partial charge in [0, 0.05) is 10.6 Å². The van der Waals surface area contributed by atoms with Crippen LogP contribution in [0.25, 0.3) is 20.8 Å². The van der Waals surface area contributed by atoms with Gasteiger partial charge in [-0.25, -0.2) is 18.6 Å². The van der Waals surface area contributed by atoms with E-state index in [-0.39, 0.29) is 11.1 Å². The number of fused-ring (bicyclic) bond motifs is 1. The number of rotatable bonds is 2. The molecule has 0 saturated heterocycles. The highest BCUT2D eigenvalue weighted by atomic mass is 35.5. The molecule has 0 bridgehead atoms. The first-order valence-electron chi connectivity index (χ1n) is 5.74. The maximum absolute atomic E-state index is 13.4. The van der Waals surface area contributed by atoms with Crippen LogP contribution in [0.1, 0.15) is 10.4 Å². The summed E-state index contributed by atoms with van der Waals surface area (Å²) in [5, 5.41) is 9.94. The Balaban J connectivity index is 2.26. The van der Waals surface area contributed by atoms with Crippen LogP contribution < -0.4 is 0 Å². The fraction of sp³-hybridized carbons (Fsp3) is 0. The van der Waals surface area contributed by atoms with Crippen LogP contribution in [-0.2, 0) is 0 Å². The van der Waals surface area contributed by atoms with E-state index in [1.807, 2.05) is 0 Å². The van der Waals surface area contributed by atoms with Crippen LogP contribution in [0.3, 0.4) is 0 Å². The first-order valence-corrected chi connectivity index (χ1v) is 6.94. The van der Waals surface area contributed by atoms with E-state index in [1.165, 1.54) is 0 Å².